The van der Waals surface area contributed by atoms with Gasteiger partial charge in [0.05, 0.1) is 13.5 Å². The number of benzene rings is 1. The highest BCUT2D eigenvalue weighted by Gasteiger charge is 2.28. The Morgan fingerprint density at radius 2 is 2.08 bits per heavy atom. The summed E-state index contributed by atoms with van der Waals surface area (Å²) in [7, 11) is 1.65. The second-order valence-electron chi connectivity index (χ2n) is 6.31. The molecule has 1 aromatic carbocycles. The molecule has 0 saturated carbocycles. The van der Waals surface area contributed by atoms with Gasteiger partial charge in [0.2, 0.25) is 5.91 Å². The number of methoxy groups -OCH3 is 1. The van der Waals surface area contributed by atoms with Crippen LogP contribution in [0.2, 0.25) is 0 Å². The molecule has 0 N–H and O–H groups in total. The number of ether oxygens (including phenoxy) is 1. The van der Waals surface area contributed by atoms with Gasteiger partial charge in [-0.2, -0.15) is 0 Å². The third-order valence-electron chi connectivity index (χ3n) is 4.70. The SMILES string of the molecule is COc1cccc(CC(=O)N2CCCC2CCc2ccncc2)c1. The highest BCUT2D eigenvalue weighted by molar-refractivity contribution is 5.79. The topological polar surface area (TPSA) is 42.4 Å². The van der Waals surface area contributed by atoms with E-state index in [1.165, 1.54) is 5.56 Å². The van der Waals surface area contributed by atoms with Crippen molar-refractivity contribution in [1.82, 2.24) is 9.88 Å². The lowest BCUT2D eigenvalue weighted by atomic mass is 10.0. The molecule has 2 aromatic rings. The fraction of sp³-hybridized carbons (Fsp3) is 0.400. The maximum Gasteiger partial charge on any atom is 0.227 e. The summed E-state index contributed by atoms with van der Waals surface area (Å²) in [4.78, 5) is 18.8. The van der Waals surface area contributed by atoms with Crippen LogP contribution in [0.1, 0.15) is 30.4 Å². The Labute approximate surface area is 143 Å². The number of hydrogen-bond donors (Lipinski definition) is 0. The minimum absolute atomic E-state index is 0.223. The molecule has 0 aliphatic carbocycles. The van der Waals surface area contributed by atoms with Crippen molar-refractivity contribution in [3.05, 3.63) is 59.9 Å². The molecule has 1 aliphatic rings. The van der Waals surface area contributed by atoms with Gasteiger partial charge in [0.25, 0.3) is 0 Å². The molecule has 126 valence electrons. The number of aromatic nitrogens is 1. The highest BCUT2D eigenvalue weighted by atomic mass is 16.5. The number of nitrogens with zero attached hydrogens (tertiary/aromatic N) is 2. The highest BCUT2D eigenvalue weighted by Crippen LogP contribution is 2.23. The molecule has 1 aliphatic heterocycles. The molecule has 0 radical (unpaired) electrons. The van der Waals surface area contributed by atoms with Crippen molar-refractivity contribution in [2.24, 2.45) is 0 Å². The van der Waals surface area contributed by atoms with Gasteiger partial charge in [-0.1, -0.05) is 12.1 Å². The largest absolute Gasteiger partial charge is 0.497 e. The van der Waals surface area contributed by atoms with Crippen LogP contribution in [0.25, 0.3) is 0 Å². The normalized spacial score (nSPS) is 17.0. The summed E-state index contributed by atoms with van der Waals surface area (Å²) in [5, 5.41) is 0. The summed E-state index contributed by atoms with van der Waals surface area (Å²) >= 11 is 0. The van der Waals surface area contributed by atoms with Crippen molar-refractivity contribution in [1.29, 1.82) is 0 Å². The number of hydrogen-bond acceptors (Lipinski definition) is 3. The van der Waals surface area contributed by atoms with Crippen LogP contribution in [0.4, 0.5) is 0 Å². The zero-order chi connectivity index (χ0) is 16.8. The fourth-order valence-corrected chi connectivity index (χ4v) is 3.41. The first-order chi connectivity index (χ1) is 11.8. The predicted molar refractivity (Wildman–Crippen MR) is 94.0 cm³/mol. The van der Waals surface area contributed by atoms with Crippen molar-refractivity contribution in [2.75, 3.05) is 13.7 Å². The molecule has 0 bridgehead atoms. The molecule has 1 atom stereocenters. The van der Waals surface area contributed by atoms with Gasteiger partial charge in [-0.25, -0.2) is 0 Å². The lowest BCUT2D eigenvalue weighted by Gasteiger charge is -2.25. The van der Waals surface area contributed by atoms with Gasteiger partial charge in [0.1, 0.15) is 5.75 Å². The van der Waals surface area contributed by atoms with Gasteiger partial charge in [0.15, 0.2) is 0 Å². The minimum atomic E-state index is 0.223. The average Bonchev–Trinajstić information content (AvgIpc) is 3.10. The molecule has 1 saturated heterocycles. The quantitative estimate of drug-likeness (QED) is 0.819. The lowest BCUT2D eigenvalue weighted by Crippen LogP contribution is -2.36. The van der Waals surface area contributed by atoms with Crippen LogP contribution in [0.15, 0.2) is 48.8 Å². The number of amides is 1. The summed E-state index contributed by atoms with van der Waals surface area (Å²) in [5.41, 5.74) is 2.30. The summed E-state index contributed by atoms with van der Waals surface area (Å²) < 4.78 is 5.24. The molecule has 4 nitrogen and oxygen atoms in total. The second kappa shape index (κ2) is 7.95. The van der Waals surface area contributed by atoms with Crippen molar-refractivity contribution in [2.45, 2.75) is 38.1 Å². The first-order valence-corrected chi connectivity index (χ1v) is 8.57. The molecule has 4 heteroatoms. The number of rotatable bonds is 6. The van der Waals surface area contributed by atoms with E-state index in [-0.39, 0.29) is 5.91 Å². The average molecular weight is 324 g/mol. The molecule has 1 unspecified atom stereocenters. The van der Waals surface area contributed by atoms with Crippen molar-refractivity contribution in [3.8, 4) is 5.75 Å². The monoisotopic (exact) mass is 324 g/mol. The third-order valence-corrected chi connectivity index (χ3v) is 4.70. The third kappa shape index (κ3) is 4.13. The van der Waals surface area contributed by atoms with Crippen LogP contribution in [-0.2, 0) is 17.6 Å². The maximum absolute atomic E-state index is 12.7. The van der Waals surface area contributed by atoms with Crippen LogP contribution in [0.5, 0.6) is 5.75 Å². The molecular formula is C20H24N2O2. The smallest absolute Gasteiger partial charge is 0.227 e. The number of likely N-dealkylation sites (tertiary alicyclic amines) is 1. The molecule has 3 rings (SSSR count). The molecular weight excluding hydrogens is 300 g/mol. The lowest BCUT2D eigenvalue weighted by molar-refractivity contribution is -0.131. The first kappa shape index (κ1) is 16.5. The summed E-state index contributed by atoms with van der Waals surface area (Å²) in [6, 6.07) is 12.2. The van der Waals surface area contributed by atoms with Gasteiger partial charge in [0, 0.05) is 25.0 Å². The summed E-state index contributed by atoms with van der Waals surface area (Å²) in [6.07, 6.45) is 8.33. The van der Waals surface area contributed by atoms with E-state index in [1.807, 2.05) is 36.7 Å². The molecule has 0 spiro atoms. The Hall–Kier alpha value is -2.36. The molecule has 1 amide bonds. The van der Waals surface area contributed by atoms with E-state index in [1.54, 1.807) is 7.11 Å². The van der Waals surface area contributed by atoms with E-state index in [4.69, 9.17) is 4.74 Å². The van der Waals surface area contributed by atoms with E-state index in [0.29, 0.717) is 12.5 Å². The number of carbonyl (C=O) groups excluding carboxylic acids is 1. The Kier molecular flexibility index (Phi) is 5.47. The van der Waals surface area contributed by atoms with Crippen molar-refractivity contribution < 1.29 is 9.53 Å². The van der Waals surface area contributed by atoms with E-state index in [9.17, 15) is 4.79 Å². The first-order valence-electron chi connectivity index (χ1n) is 8.57. The zero-order valence-electron chi connectivity index (χ0n) is 14.1. The van der Waals surface area contributed by atoms with Crippen LogP contribution in [-0.4, -0.2) is 35.5 Å². The van der Waals surface area contributed by atoms with Crippen LogP contribution < -0.4 is 4.74 Å². The van der Waals surface area contributed by atoms with E-state index in [0.717, 1.165) is 43.5 Å². The predicted octanol–water partition coefficient (Wildman–Crippen LogP) is 3.26. The Morgan fingerprint density at radius 1 is 1.25 bits per heavy atom. The van der Waals surface area contributed by atoms with Gasteiger partial charge in [-0.05, 0) is 61.1 Å². The Balaban J connectivity index is 1.58. The standard InChI is InChI=1S/C20H24N2O2/c1-24-19-6-2-4-17(14-19)15-20(23)22-13-3-5-18(22)8-7-16-9-11-21-12-10-16/h2,4,6,9-12,14,18H,3,5,7-8,13,15H2,1H3. The van der Waals surface area contributed by atoms with Gasteiger partial charge in [-0.3, -0.25) is 9.78 Å². The molecule has 1 fully saturated rings. The van der Waals surface area contributed by atoms with Crippen molar-refractivity contribution in [3.63, 3.8) is 0 Å². The number of carbonyl (C=O) groups is 1. The zero-order valence-corrected chi connectivity index (χ0v) is 14.1. The van der Waals surface area contributed by atoms with Gasteiger partial charge < -0.3 is 9.64 Å². The molecule has 1 aromatic heterocycles. The van der Waals surface area contributed by atoms with E-state index in [2.05, 4.69) is 22.0 Å². The number of pyridine rings is 1. The minimum Gasteiger partial charge on any atom is -0.497 e. The summed E-state index contributed by atoms with van der Waals surface area (Å²) in [6.45, 7) is 0.879. The van der Waals surface area contributed by atoms with Crippen LogP contribution >= 0.6 is 0 Å². The fourth-order valence-electron chi connectivity index (χ4n) is 3.41. The Morgan fingerprint density at radius 3 is 2.88 bits per heavy atom. The van der Waals surface area contributed by atoms with E-state index >= 15 is 0 Å². The Bertz CT molecular complexity index is 672. The van der Waals surface area contributed by atoms with Crippen LogP contribution in [0, 0.1) is 0 Å². The second-order valence-corrected chi connectivity index (χ2v) is 6.31. The van der Waals surface area contributed by atoms with Crippen molar-refractivity contribution >= 4 is 5.91 Å². The van der Waals surface area contributed by atoms with Gasteiger partial charge in [-0.15, -0.1) is 0 Å². The number of aryl methyl sites for hydroxylation is 1. The molecule has 24 heavy (non-hydrogen) atoms. The van der Waals surface area contributed by atoms with Gasteiger partial charge >= 0.3 is 0 Å². The molecule has 2 heterocycles. The van der Waals surface area contributed by atoms with Crippen LogP contribution in [0.3, 0.4) is 0 Å². The maximum atomic E-state index is 12.7. The summed E-state index contributed by atoms with van der Waals surface area (Å²) in [5.74, 6) is 1.02. The van der Waals surface area contributed by atoms with E-state index < -0.39 is 0 Å².